The van der Waals surface area contributed by atoms with E-state index in [1.165, 1.54) is 15.9 Å². The predicted octanol–water partition coefficient (Wildman–Crippen LogP) is 1.75. The summed E-state index contributed by atoms with van der Waals surface area (Å²) in [6.07, 6.45) is 0.225. The molecule has 0 unspecified atom stereocenters. The standard InChI is InChI=1S/C31H41N6O9P/c1-3-5-15-46-31(41)36-13-11-35(12-14-36)29(39)24(19-47(42,43)44)33-28(38)23-16-25(34-27(32-23)20-9-7-6-8-10-20)37-17-21-22(18-37)26(21)30(40)45-4-2/h6-10,16,21-22,24,26H,3-5,11-15,17-19H2,1-2H3,(H,33,38)(H2,42,43,44)/t21-,22+,24-,26+/m0/s1. The Hall–Kier alpha value is -4.07. The van der Waals surface area contributed by atoms with Crippen LogP contribution in [0.1, 0.15) is 37.2 Å². The number of amides is 3. The number of nitrogens with zero attached hydrogens (tertiary/aromatic N) is 5. The lowest BCUT2D eigenvalue weighted by Crippen LogP contribution is -2.56. The van der Waals surface area contributed by atoms with Crippen molar-refractivity contribution in [2.45, 2.75) is 32.7 Å². The van der Waals surface area contributed by atoms with E-state index in [2.05, 4.69) is 10.3 Å². The van der Waals surface area contributed by atoms with Crippen molar-refractivity contribution in [1.29, 1.82) is 0 Å². The number of piperidine rings is 1. The van der Waals surface area contributed by atoms with Gasteiger partial charge in [0, 0.05) is 50.9 Å². The van der Waals surface area contributed by atoms with E-state index in [1.54, 1.807) is 31.2 Å². The Balaban J connectivity index is 1.31. The quantitative estimate of drug-likeness (QED) is 0.168. The number of hydrogen-bond acceptors (Lipinski definition) is 10. The number of carbonyl (C=O) groups is 4. The summed E-state index contributed by atoms with van der Waals surface area (Å²) in [7, 11) is -4.75. The molecule has 1 aromatic carbocycles. The minimum atomic E-state index is -4.75. The van der Waals surface area contributed by atoms with Gasteiger partial charge in [-0.25, -0.2) is 14.8 Å². The van der Waals surface area contributed by atoms with Crippen LogP contribution in [0.5, 0.6) is 0 Å². The molecule has 16 heteroatoms. The molecule has 1 aromatic heterocycles. The largest absolute Gasteiger partial charge is 0.466 e. The molecule has 5 rings (SSSR count). The van der Waals surface area contributed by atoms with Crippen LogP contribution in [0.25, 0.3) is 11.4 Å². The van der Waals surface area contributed by atoms with Crippen LogP contribution in [-0.2, 0) is 23.6 Å². The molecule has 3 N–H and O–H groups in total. The lowest BCUT2D eigenvalue weighted by molar-refractivity contribution is -0.145. The number of carbonyl (C=O) groups excluding carboxylic acids is 4. The molecular weight excluding hydrogens is 631 g/mol. The highest BCUT2D eigenvalue weighted by Gasteiger charge is 2.60. The molecule has 2 aromatic rings. The molecule has 0 bridgehead atoms. The number of rotatable bonds is 12. The van der Waals surface area contributed by atoms with Crippen molar-refractivity contribution < 1.29 is 43.0 Å². The fraction of sp³-hybridized carbons (Fsp3) is 0.548. The Morgan fingerprint density at radius 2 is 1.64 bits per heavy atom. The predicted molar refractivity (Wildman–Crippen MR) is 169 cm³/mol. The molecule has 3 fully saturated rings. The third-order valence-corrected chi connectivity index (χ3v) is 9.49. The minimum Gasteiger partial charge on any atom is -0.466 e. The zero-order valence-electron chi connectivity index (χ0n) is 26.5. The van der Waals surface area contributed by atoms with Crippen molar-refractivity contribution >= 4 is 37.3 Å². The Bertz CT molecular complexity index is 1500. The normalized spacial score (nSPS) is 21.1. The monoisotopic (exact) mass is 672 g/mol. The van der Waals surface area contributed by atoms with Crippen LogP contribution in [0, 0.1) is 17.8 Å². The highest BCUT2D eigenvalue weighted by molar-refractivity contribution is 7.51. The summed E-state index contributed by atoms with van der Waals surface area (Å²) in [5, 5.41) is 2.51. The van der Waals surface area contributed by atoms with Gasteiger partial charge in [-0.2, -0.15) is 0 Å². The smallest absolute Gasteiger partial charge is 0.409 e. The summed E-state index contributed by atoms with van der Waals surface area (Å²) >= 11 is 0. The number of unbranched alkanes of at least 4 members (excludes halogenated alkanes) is 1. The third-order valence-electron chi connectivity index (χ3n) is 8.65. The van der Waals surface area contributed by atoms with Crippen LogP contribution in [0.3, 0.4) is 0 Å². The van der Waals surface area contributed by atoms with Crippen LogP contribution in [0.4, 0.5) is 10.6 Å². The van der Waals surface area contributed by atoms with Crippen molar-refractivity contribution in [3.05, 3.63) is 42.1 Å². The van der Waals surface area contributed by atoms with Gasteiger partial charge in [-0.1, -0.05) is 43.7 Å². The molecule has 2 saturated heterocycles. The average Bonchev–Trinajstić information content (AvgIpc) is 3.56. The zero-order valence-corrected chi connectivity index (χ0v) is 27.4. The van der Waals surface area contributed by atoms with E-state index in [0.29, 0.717) is 37.7 Å². The number of esters is 1. The van der Waals surface area contributed by atoms with Gasteiger partial charge in [0.15, 0.2) is 5.82 Å². The number of fused-ring (bicyclic) bond motifs is 1. The second-order valence-corrected chi connectivity index (χ2v) is 13.7. The zero-order chi connectivity index (χ0) is 33.7. The van der Waals surface area contributed by atoms with Gasteiger partial charge >= 0.3 is 19.7 Å². The molecule has 0 radical (unpaired) electrons. The molecule has 4 atom stereocenters. The van der Waals surface area contributed by atoms with Gasteiger partial charge in [0.2, 0.25) is 5.91 Å². The first-order valence-electron chi connectivity index (χ1n) is 15.9. The number of ether oxygens (including phenoxy) is 2. The minimum absolute atomic E-state index is 0.0838. The molecule has 1 saturated carbocycles. The van der Waals surface area contributed by atoms with E-state index in [1.807, 2.05) is 17.9 Å². The van der Waals surface area contributed by atoms with Gasteiger partial charge in [0.05, 0.1) is 25.3 Å². The number of nitrogens with one attached hydrogen (secondary N) is 1. The summed E-state index contributed by atoms with van der Waals surface area (Å²) in [5.41, 5.74) is 0.561. The van der Waals surface area contributed by atoms with Crippen LogP contribution in [0.2, 0.25) is 0 Å². The number of hydrogen-bond donors (Lipinski definition) is 3. The van der Waals surface area contributed by atoms with E-state index in [4.69, 9.17) is 14.5 Å². The fourth-order valence-corrected chi connectivity index (χ4v) is 6.83. The van der Waals surface area contributed by atoms with Crippen LogP contribution < -0.4 is 10.2 Å². The maximum Gasteiger partial charge on any atom is 0.409 e. The highest BCUT2D eigenvalue weighted by Crippen LogP contribution is 2.53. The molecule has 47 heavy (non-hydrogen) atoms. The molecular formula is C31H41N6O9P. The second kappa shape index (κ2) is 14.8. The number of piperazine rings is 1. The first-order chi connectivity index (χ1) is 22.5. The van der Waals surface area contributed by atoms with Crippen LogP contribution in [-0.4, -0.2) is 118 Å². The summed E-state index contributed by atoms with van der Waals surface area (Å²) in [5.74, 6) is -0.890. The van der Waals surface area contributed by atoms with Gasteiger partial charge in [-0.3, -0.25) is 18.9 Å². The Morgan fingerprint density at radius 1 is 0.979 bits per heavy atom. The van der Waals surface area contributed by atoms with Gasteiger partial charge in [-0.05, 0) is 25.2 Å². The summed E-state index contributed by atoms with van der Waals surface area (Å²) in [4.78, 5) is 85.3. The van der Waals surface area contributed by atoms with E-state index >= 15 is 0 Å². The third kappa shape index (κ3) is 8.45. The van der Waals surface area contributed by atoms with Gasteiger partial charge in [0.1, 0.15) is 17.6 Å². The van der Waals surface area contributed by atoms with Crippen LogP contribution in [0.15, 0.2) is 36.4 Å². The second-order valence-electron chi connectivity index (χ2n) is 12.0. The molecule has 1 aliphatic carbocycles. The molecule has 2 aliphatic heterocycles. The fourth-order valence-electron chi connectivity index (χ4n) is 6.11. The number of aromatic nitrogens is 2. The van der Waals surface area contributed by atoms with E-state index in [0.717, 1.165) is 12.8 Å². The maximum absolute atomic E-state index is 13.7. The first kappa shape index (κ1) is 34.3. The van der Waals surface area contributed by atoms with Crippen molar-refractivity contribution in [1.82, 2.24) is 25.1 Å². The van der Waals surface area contributed by atoms with Crippen molar-refractivity contribution in [3.8, 4) is 11.4 Å². The van der Waals surface area contributed by atoms with Crippen molar-refractivity contribution in [3.63, 3.8) is 0 Å². The maximum atomic E-state index is 13.7. The van der Waals surface area contributed by atoms with Crippen LogP contribution >= 0.6 is 7.60 Å². The Labute approximate surface area is 272 Å². The van der Waals surface area contributed by atoms with Gasteiger partial charge < -0.3 is 39.3 Å². The van der Waals surface area contributed by atoms with Crippen molar-refractivity contribution in [2.75, 3.05) is 63.5 Å². The molecule has 3 aliphatic rings. The Morgan fingerprint density at radius 3 is 2.26 bits per heavy atom. The molecule has 3 heterocycles. The van der Waals surface area contributed by atoms with E-state index in [9.17, 15) is 33.5 Å². The molecule has 0 spiro atoms. The summed E-state index contributed by atoms with van der Waals surface area (Å²) in [6.45, 7) is 6.02. The highest BCUT2D eigenvalue weighted by atomic mass is 31.2. The number of anilines is 1. The first-order valence-corrected chi connectivity index (χ1v) is 17.7. The van der Waals surface area contributed by atoms with E-state index in [-0.39, 0.29) is 61.4 Å². The lowest BCUT2D eigenvalue weighted by atomic mass is 10.2. The average molecular weight is 673 g/mol. The molecule has 254 valence electrons. The van der Waals surface area contributed by atoms with Gasteiger partial charge in [-0.15, -0.1) is 0 Å². The summed E-state index contributed by atoms with van der Waals surface area (Å²) in [6, 6.07) is 8.95. The Kier molecular flexibility index (Phi) is 10.8. The van der Waals surface area contributed by atoms with Crippen molar-refractivity contribution in [2.24, 2.45) is 17.8 Å². The molecule has 15 nitrogen and oxygen atoms in total. The summed E-state index contributed by atoms with van der Waals surface area (Å²) < 4.78 is 22.5. The SMILES string of the molecule is CCCCOC(=O)N1CCN(C(=O)[C@H](CP(=O)(O)O)NC(=O)c2cc(N3C[C@@H]4[C@H](C3)[C@H]4C(=O)OCC)nc(-c3ccccc3)n2)CC1. The van der Waals surface area contributed by atoms with E-state index < -0.39 is 37.7 Å². The van der Waals surface area contributed by atoms with Gasteiger partial charge in [0.25, 0.3) is 5.91 Å². The topological polar surface area (TPSA) is 192 Å². The molecule has 3 amide bonds. The lowest BCUT2D eigenvalue weighted by Gasteiger charge is -2.36. The number of benzene rings is 1.